The molecule has 0 radical (unpaired) electrons. The monoisotopic (exact) mass is 199 g/mol. The Labute approximate surface area is 90.7 Å². The highest BCUT2D eigenvalue weighted by Gasteiger charge is 2.28. The molecule has 0 bridgehead atoms. The van der Waals surface area contributed by atoms with E-state index in [9.17, 15) is 0 Å². The van der Waals surface area contributed by atoms with Crippen LogP contribution in [0.1, 0.15) is 60.8 Å². The van der Waals surface area contributed by atoms with Gasteiger partial charge in [0.05, 0.1) is 0 Å². The van der Waals surface area contributed by atoms with Crippen LogP contribution >= 0.6 is 0 Å². The Hall–Kier alpha value is -0.0400. The van der Waals surface area contributed by atoms with Crippen LogP contribution in [0, 0.1) is 10.8 Å². The van der Waals surface area contributed by atoms with Gasteiger partial charge >= 0.3 is 0 Å². The highest BCUT2D eigenvalue weighted by atomic mass is 14.9. The lowest BCUT2D eigenvalue weighted by Crippen LogP contribution is -2.31. The molecule has 0 saturated carbocycles. The maximum Gasteiger partial charge on any atom is 0.00408 e. The maximum absolute atomic E-state index is 3.32. The molecule has 0 saturated heterocycles. The van der Waals surface area contributed by atoms with Gasteiger partial charge in [-0.05, 0) is 37.6 Å². The summed E-state index contributed by atoms with van der Waals surface area (Å²) in [6.45, 7) is 14.1. The SMILES string of the molecule is CCC(C)(C)CC(C)(C)CC(C)NC. The highest BCUT2D eigenvalue weighted by molar-refractivity contribution is 4.81. The largest absolute Gasteiger partial charge is 0.317 e. The number of nitrogens with one attached hydrogen (secondary N) is 1. The summed E-state index contributed by atoms with van der Waals surface area (Å²) < 4.78 is 0. The van der Waals surface area contributed by atoms with E-state index in [1.807, 2.05) is 7.05 Å². The van der Waals surface area contributed by atoms with Crippen LogP contribution < -0.4 is 5.32 Å². The molecule has 0 aromatic heterocycles. The third-order valence-corrected chi connectivity index (χ3v) is 3.27. The Morgan fingerprint density at radius 3 is 1.93 bits per heavy atom. The minimum atomic E-state index is 0.446. The topological polar surface area (TPSA) is 12.0 Å². The zero-order valence-electron chi connectivity index (χ0n) is 11.2. The summed E-state index contributed by atoms with van der Waals surface area (Å²) in [5.41, 5.74) is 0.929. The van der Waals surface area contributed by atoms with Gasteiger partial charge < -0.3 is 5.32 Å². The van der Waals surface area contributed by atoms with E-state index in [1.54, 1.807) is 0 Å². The second-order valence-electron chi connectivity index (χ2n) is 6.25. The molecule has 14 heavy (non-hydrogen) atoms. The minimum Gasteiger partial charge on any atom is -0.317 e. The van der Waals surface area contributed by atoms with Gasteiger partial charge in [0, 0.05) is 6.04 Å². The summed E-state index contributed by atoms with van der Waals surface area (Å²) >= 11 is 0. The molecule has 0 aliphatic carbocycles. The molecule has 0 aromatic carbocycles. The van der Waals surface area contributed by atoms with E-state index in [0.29, 0.717) is 16.9 Å². The highest BCUT2D eigenvalue weighted by Crippen LogP contribution is 2.38. The van der Waals surface area contributed by atoms with Crippen LogP contribution in [0.4, 0.5) is 0 Å². The lowest BCUT2D eigenvalue weighted by molar-refractivity contribution is 0.165. The number of rotatable bonds is 6. The molecule has 0 aliphatic heterocycles. The van der Waals surface area contributed by atoms with Crippen molar-refractivity contribution in [3.8, 4) is 0 Å². The maximum atomic E-state index is 3.32. The van der Waals surface area contributed by atoms with Gasteiger partial charge in [-0.25, -0.2) is 0 Å². The summed E-state index contributed by atoms with van der Waals surface area (Å²) in [5, 5.41) is 3.32. The van der Waals surface area contributed by atoms with E-state index in [2.05, 4.69) is 46.9 Å². The standard InChI is InChI=1S/C13H29N/c1-8-12(3,4)10-13(5,6)9-11(2)14-7/h11,14H,8-10H2,1-7H3. The van der Waals surface area contributed by atoms with Crippen LogP contribution in [0.5, 0.6) is 0 Å². The summed E-state index contributed by atoms with van der Waals surface area (Å²) in [7, 11) is 2.05. The van der Waals surface area contributed by atoms with E-state index in [-0.39, 0.29) is 0 Å². The molecule has 0 aromatic rings. The zero-order chi connectivity index (χ0) is 11.4. The molecule has 1 N–H and O–H groups in total. The Kier molecular flexibility index (Phi) is 5.14. The third kappa shape index (κ3) is 5.64. The van der Waals surface area contributed by atoms with E-state index in [4.69, 9.17) is 0 Å². The van der Waals surface area contributed by atoms with Crippen LogP contribution in [0.25, 0.3) is 0 Å². The molecule has 0 spiro atoms. The Morgan fingerprint density at radius 2 is 1.57 bits per heavy atom. The van der Waals surface area contributed by atoms with Gasteiger partial charge in [-0.3, -0.25) is 0 Å². The van der Waals surface area contributed by atoms with Crippen LogP contribution in [0.3, 0.4) is 0 Å². The predicted octanol–water partition coefficient (Wildman–Crippen LogP) is 3.84. The van der Waals surface area contributed by atoms with Crippen molar-refractivity contribution < 1.29 is 0 Å². The Balaban J connectivity index is 4.19. The Morgan fingerprint density at radius 1 is 1.07 bits per heavy atom. The molecular weight excluding hydrogens is 170 g/mol. The molecule has 1 nitrogen and oxygen atoms in total. The second-order valence-corrected chi connectivity index (χ2v) is 6.25. The van der Waals surface area contributed by atoms with Crippen LogP contribution in [-0.2, 0) is 0 Å². The van der Waals surface area contributed by atoms with Crippen molar-refractivity contribution in [1.29, 1.82) is 0 Å². The van der Waals surface area contributed by atoms with Gasteiger partial charge in [0.15, 0.2) is 0 Å². The normalized spacial score (nSPS) is 15.6. The average Bonchev–Trinajstić information content (AvgIpc) is 2.01. The predicted molar refractivity (Wildman–Crippen MR) is 65.6 cm³/mol. The van der Waals surface area contributed by atoms with Crippen molar-refractivity contribution in [2.24, 2.45) is 10.8 Å². The van der Waals surface area contributed by atoms with Crippen molar-refractivity contribution in [2.75, 3.05) is 7.05 Å². The molecule has 1 unspecified atom stereocenters. The molecular formula is C13H29N. The smallest absolute Gasteiger partial charge is 0.00408 e. The van der Waals surface area contributed by atoms with Crippen molar-refractivity contribution in [3.05, 3.63) is 0 Å². The molecule has 0 fully saturated rings. The lowest BCUT2D eigenvalue weighted by Gasteiger charge is -2.36. The fraction of sp³-hybridized carbons (Fsp3) is 1.00. The molecule has 86 valence electrons. The Bertz CT molecular complexity index is 159. The van der Waals surface area contributed by atoms with Crippen molar-refractivity contribution in [1.82, 2.24) is 5.32 Å². The zero-order valence-corrected chi connectivity index (χ0v) is 11.2. The number of hydrogen-bond donors (Lipinski definition) is 1. The molecule has 0 aliphatic rings. The van der Waals surface area contributed by atoms with E-state index < -0.39 is 0 Å². The minimum absolute atomic E-state index is 0.446. The number of hydrogen-bond acceptors (Lipinski definition) is 1. The van der Waals surface area contributed by atoms with Crippen molar-refractivity contribution in [3.63, 3.8) is 0 Å². The summed E-state index contributed by atoms with van der Waals surface area (Å²) in [6, 6.07) is 0.623. The van der Waals surface area contributed by atoms with Gasteiger partial charge in [0.2, 0.25) is 0 Å². The molecule has 1 atom stereocenters. The van der Waals surface area contributed by atoms with Gasteiger partial charge in [-0.1, -0.05) is 41.0 Å². The first-order valence-corrected chi connectivity index (χ1v) is 5.90. The average molecular weight is 199 g/mol. The van der Waals surface area contributed by atoms with Crippen molar-refractivity contribution in [2.45, 2.75) is 66.8 Å². The first kappa shape index (κ1) is 14.0. The quantitative estimate of drug-likeness (QED) is 0.685. The molecule has 0 heterocycles. The molecule has 1 heteroatoms. The van der Waals surface area contributed by atoms with E-state index in [0.717, 1.165) is 0 Å². The van der Waals surface area contributed by atoms with Crippen LogP contribution in [0.15, 0.2) is 0 Å². The third-order valence-electron chi connectivity index (χ3n) is 3.27. The van der Waals surface area contributed by atoms with E-state index >= 15 is 0 Å². The first-order chi connectivity index (χ1) is 6.22. The van der Waals surface area contributed by atoms with Crippen LogP contribution in [-0.4, -0.2) is 13.1 Å². The fourth-order valence-corrected chi connectivity index (χ4v) is 2.42. The summed E-state index contributed by atoms with van der Waals surface area (Å²) in [5.74, 6) is 0. The second kappa shape index (κ2) is 5.16. The van der Waals surface area contributed by atoms with Gasteiger partial charge in [-0.15, -0.1) is 0 Å². The van der Waals surface area contributed by atoms with Crippen LogP contribution in [0.2, 0.25) is 0 Å². The molecule has 0 amide bonds. The van der Waals surface area contributed by atoms with E-state index in [1.165, 1.54) is 19.3 Å². The van der Waals surface area contributed by atoms with Crippen molar-refractivity contribution >= 4 is 0 Å². The molecule has 0 rings (SSSR count). The summed E-state index contributed by atoms with van der Waals surface area (Å²) in [4.78, 5) is 0. The van der Waals surface area contributed by atoms with Gasteiger partial charge in [-0.2, -0.15) is 0 Å². The van der Waals surface area contributed by atoms with Gasteiger partial charge in [0.1, 0.15) is 0 Å². The first-order valence-electron chi connectivity index (χ1n) is 5.90. The summed E-state index contributed by atoms with van der Waals surface area (Å²) in [6.07, 6.45) is 3.83. The van der Waals surface area contributed by atoms with Gasteiger partial charge in [0.25, 0.3) is 0 Å². The lowest BCUT2D eigenvalue weighted by atomic mass is 9.71. The fourth-order valence-electron chi connectivity index (χ4n) is 2.42.